The van der Waals surface area contributed by atoms with Crippen molar-refractivity contribution < 1.29 is 28.6 Å². The van der Waals surface area contributed by atoms with E-state index in [1.807, 2.05) is 36.4 Å². The number of para-hydroxylation sites is 1. The Hall–Kier alpha value is -4.14. The van der Waals surface area contributed by atoms with Crippen LogP contribution in [0.5, 0.6) is 5.75 Å². The lowest BCUT2D eigenvalue weighted by Gasteiger charge is -2.31. The lowest BCUT2D eigenvalue weighted by Crippen LogP contribution is -2.55. The smallest absolute Gasteiger partial charge is 0.408 e. The van der Waals surface area contributed by atoms with E-state index >= 15 is 0 Å². The predicted molar refractivity (Wildman–Crippen MR) is 169 cm³/mol. The number of carbonyl (C=O) groups excluding carboxylic acids is 3. The quantitative estimate of drug-likeness (QED) is 0.188. The molecule has 2 aromatic rings. The number of nitrogens with one attached hydrogen (secondary N) is 1. The van der Waals surface area contributed by atoms with Crippen molar-refractivity contribution in [3.63, 3.8) is 0 Å². The van der Waals surface area contributed by atoms with Gasteiger partial charge in [0.25, 0.3) is 0 Å². The van der Waals surface area contributed by atoms with E-state index in [1.165, 1.54) is 12.0 Å². The Balaban J connectivity index is 1.33. The Bertz CT molecular complexity index is 1410. The summed E-state index contributed by atoms with van der Waals surface area (Å²) < 4.78 is 17.3. The van der Waals surface area contributed by atoms with Crippen molar-refractivity contribution in [2.45, 2.75) is 88.5 Å². The molecule has 2 amide bonds. The number of allylic oxidation sites excluding steroid dienone is 2. The topological polar surface area (TPSA) is 107 Å². The molecule has 1 aromatic heterocycles. The Morgan fingerprint density at radius 3 is 2.66 bits per heavy atom. The number of hydrogen-bond acceptors (Lipinski definition) is 7. The number of benzene rings is 1. The summed E-state index contributed by atoms with van der Waals surface area (Å²) >= 11 is 0. The van der Waals surface area contributed by atoms with E-state index in [0.29, 0.717) is 11.4 Å². The van der Waals surface area contributed by atoms with Crippen molar-refractivity contribution in [1.82, 2.24) is 15.2 Å². The van der Waals surface area contributed by atoms with E-state index < -0.39 is 30.3 Å². The summed E-state index contributed by atoms with van der Waals surface area (Å²) in [7, 11) is 1.31. The molecule has 9 nitrogen and oxygen atoms in total. The molecule has 5 rings (SSSR count). The second-order valence-electron chi connectivity index (χ2n) is 11.9. The zero-order chi connectivity index (χ0) is 31.1. The fourth-order valence-electron chi connectivity index (χ4n) is 6.75. The van der Waals surface area contributed by atoms with Gasteiger partial charge in [0.15, 0.2) is 0 Å². The second-order valence-corrected chi connectivity index (χ2v) is 11.9. The molecule has 0 spiro atoms. The number of unbranched alkanes of at least 4 members (excludes halogenated alkanes) is 1. The molecule has 1 saturated heterocycles. The third kappa shape index (κ3) is 7.14. The van der Waals surface area contributed by atoms with Crippen molar-refractivity contribution in [2.24, 2.45) is 5.92 Å². The van der Waals surface area contributed by atoms with Gasteiger partial charge in [-0.05, 0) is 74.6 Å². The number of ether oxygens (including phenoxy) is 3. The molecule has 0 bridgehead atoms. The molecular weight excluding hydrogens is 558 g/mol. The van der Waals surface area contributed by atoms with E-state index in [-0.39, 0.29) is 30.9 Å². The van der Waals surface area contributed by atoms with Gasteiger partial charge < -0.3 is 24.4 Å². The largest absolute Gasteiger partial charge is 0.486 e. The fourth-order valence-corrected chi connectivity index (χ4v) is 6.75. The van der Waals surface area contributed by atoms with Crippen LogP contribution in [0, 0.1) is 5.92 Å². The number of alkyl carbamates (subject to hydrolysis) is 1. The summed E-state index contributed by atoms with van der Waals surface area (Å²) in [5, 5.41) is 3.83. The summed E-state index contributed by atoms with van der Waals surface area (Å²) in [4.78, 5) is 46.6. The lowest BCUT2D eigenvalue weighted by atomic mass is 9.96. The molecule has 1 aromatic carbocycles. The minimum absolute atomic E-state index is 0.0449. The van der Waals surface area contributed by atoms with Crippen LogP contribution >= 0.6 is 0 Å². The highest BCUT2D eigenvalue weighted by Crippen LogP contribution is 2.33. The third-order valence-corrected chi connectivity index (χ3v) is 9.01. The van der Waals surface area contributed by atoms with Crippen molar-refractivity contribution in [3.8, 4) is 5.75 Å². The maximum Gasteiger partial charge on any atom is 0.408 e. The maximum absolute atomic E-state index is 14.2. The third-order valence-electron chi connectivity index (χ3n) is 9.01. The first-order valence-electron chi connectivity index (χ1n) is 15.8. The summed E-state index contributed by atoms with van der Waals surface area (Å²) in [5.74, 6) is -0.345. The SMILES string of the molecule is C=CCC/C=C1\CCC[C@H]1OC(=O)N[C@H](C(=O)N1C[C@H](Oc2cc3ccccc3nc2C=C)C[C@H]1C(=O)OC)C1CCCC1. The first-order chi connectivity index (χ1) is 21.4. The molecule has 234 valence electrons. The van der Waals surface area contributed by atoms with Crippen LogP contribution in [0.15, 0.2) is 61.2 Å². The highest BCUT2D eigenvalue weighted by atomic mass is 16.6. The standard InChI is InChI=1S/C35H43N3O6/c1-4-6-7-13-23-17-12-19-30(23)44-35(41)37-32(24-14-8-9-15-24)33(39)38-22-26(21-29(38)34(40)42-3)43-31-20-25-16-10-11-18-28(25)36-27(31)5-2/h4-5,10-11,13,16,18,20,24,26,29-30,32H,1-2,6-9,12,14-15,17,19,21-22H2,3H3,(H,37,41)/b23-13+/t26-,29+,30-,32+/m1/s1. The van der Waals surface area contributed by atoms with Gasteiger partial charge in [-0.2, -0.15) is 0 Å². The van der Waals surface area contributed by atoms with Crippen LogP contribution in [0.3, 0.4) is 0 Å². The van der Waals surface area contributed by atoms with E-state index in [9.17, 15) is 14.4 Å². The van der Waals surface area contributed by atoms with Gasteiger partial charge in [-0.3, -0.25) is 4.79 Å². The normalized spacial score (nSPS) is 23.4. The van der Waals surface area contributed by atoms with Gasteiger partial charge in [-0.1, -0.05) is 49.8 Å². The summed E-state index contributed by atoms with van der Waals surface area (Å²) in [6, 6.07) is 7.97. The number of pyridine rings is 1. The molecule has 1 N–H and O–H groups in total. The lowest BCUT2D eigenvalue weighted by molar-refractivity contribution is -0.152. The molecule has 2 saturated carbocycles. The summed E-state index contributed by atoms with van der Waals surface area (Å²) in [6.07, 6.45) is 12.5. The Morgan fingerprint density at radius 2 is 1.91 bits per heavy atom. The fraction of sp³-hybridized carbons (Fsp3) is 0.486. The van der Waals surface area contributed by atoms with Crippen molar-refractivity contribution >= 4 is 34.9 Å². The number of hydrogen-bond donors (Lipinski definition) is 1. The molecular formula is C35H43N3O6. The Kier molecular flexibility index (Phi) is 10.4. The zero-order valence-corrected chi connectivity index (χ0v) is 25.5. The first-order valence-corrected chi connectivity index (χ1v) is 15.8. The number of fused-ring (bicyclic) bond motifs is 1. The molecule has 4 atom stereocenters. The van der Waals surface area contributed by atoms with E-state index in [4.69, 9.17) is 14.2 Å². The highest BCUT2D eigenvalue weighted by Gasteiger charge is 2.46. The van der Waals surface area contributed by atoms with Gasteiger partial charge in [-0.15, -0.1) is 6.58 Å². The Morgan fingerprint density at radius 1 is 1.11 bits per heavy atom. The molecule has 3 aliphatic rings. The van der Waals surface area contributed by atoms with Gasteiger partial charge in [0, 0.05) is 11.8 Å². The number of methoxy groups -OCH3 is 1. The molecule has 2 heterocycles. The van der Waals surface area contributed by atoms with Crippen LogP contribution in [0.25, 0.3) is 17.0 Å². The average molecular weight is 602 g/mol. The van der Waals surface area contributed by atoms with E-state index in [0.717, 1.165) is 74.3 Å². The molecule has 3 fully saturated rings. The number of carbonyl (C=O) groups is 3. The van der Waals surface area contributed by atoms with Crippen LogP contribution in [0.2, 0.25) is 0 Å². The molecule has 9 heteroatoms. The monoisotopic (exact) mass is 601 g/mol. The number of amides is 2. The van der Waals surface area contributed by atoms with Gasteiger partial charge in [0.1, 0.15) is 35.7 Å². The van der Waals surface area contributed by atoms with Gasteiger partial charge >= 0.3 is 12.1 Å². The second kappa shape index (κ2) is 14.6. The number of likely N-dealkylation sites (tertiary alicyclic amines) is 1. The summed E-state index contributed by atoms with van der Waals surface area (Å²) in [5.41, 5.74) is 2.53. The van der Waals surface area contributed by atoms with Crippen LogP contribution in [-0.2, 0) is 19.1 Å². The van der Waals surface area contributed by atoms with Crippen molar-refractivity contribution in [1.29, 1.82) is 0 Å². The zero-order valence-electron chi connectivity index (χ0n) is 25.5. The van der Waals surface area contributed by atoms with E-state index in [1.54, 1.807) is 6.08 Å². The molecule has 1 aliphatic heterocycles. The average Bonchev–Trinajstić information content (AvgIpc) is 3.81. The Labute approximate surface area is 259 Å². The maximum atomic E-state index is 14.2. The highest BCUT2D eigenvalue weighted by molar-refractivity contribution is 5.90. The molecule has 0 unspecified atom stereocenters. The van der Waals surface area contributed by atoms with Crippen LogP contribution in [-0.4, -0.2) is 65.8 Å². The van der Waals surface area contributed by atoms with Crippen LogP contribution < -0.4 is 10.1 Å². The number of rotatable bonds is 11. The number of nitrogens with zero attached hydrogens (tertiary/aromatic N) is 2. The minimum atomic E-state index is -0.839. The van der Waals surface area contributed by atoms with Gasteiger partial charge in [0.05, 0.1) is 19.2 Å². The van der Waals surface area contributed by atoms with Crippen LogP contribution in [0.4, 0.5) is 4.79 Å². The van der Waals surface area contributed by atoms with Gasteiger partial charge in [-0.25, -0.2) is 14.6 Å². The van der Waals surface area contributed by atoms with E-state index in [2.05, 4.69) is 29.5 Å². The molecule has 0 radical (unpaired) electrons. The van der Waals surface area contributed by atoms with Crippen molar-refractivity contribution in [3.05, 3.63) is 66.9 Å². The van der Waals surface area contributed by atoms with Gasteiger partial charge in [0.2, 0.25) is 5.91 Å². The predicted octanol–water partition coefficient (Wildman–Crippen LogP) is 6.13. The minimum Gasteiger partial charge on any atom is -0.486 e. The summed E-state index contributed by atoms with van der Waals surface area (Å²) in [6.45, 7) is 7.83. The number of aromatic nitrogens is 1. The van der Waals surface area contributed by atoms with Crippen LogP contribution in [0.1, 0.15) is 69.9 Å². The number of esters is 1. The van der Waals surface area contributed by atoms with Crippen molar-refractivity contribution in [2.75, 3.05) is 13.7 Å². The molecule has 2 aliphatic carbocycles. The first kappa shape index (κ1) is 31.3. The molecule has 44 heavy (non-hydrogen) atoms.